The molecule has 25 heavy (non-hydrogen) atoms. The van der Waals surface area contributed by atoms with Crippen LogP contribution in [-0.4, -0.2) is 28.1 Å². The van der Waals surface area contributed by atoms with E-state index < -0.39 is 0 Å². The second-order valence-electron chi connectivity index (χ2n) is 6.92. The van der Waals surface area contributed by atoms with Crippen LogP contribution >= 0.6 is 0 Å². The van der Waals surface area contributed by atoms with Crippen molar-refractivity contribution < 1.29 is 4.52 Å². The highest BCUT2D eigenvalue weighted by Gasteiger charge is 2.28. The van der Waals surface area contributed by atoms with Crippen molar-refractivity contribution >= 4 is 0 Å². The Morgan fingerprint density at radius 3 is 2.60 bits per heavy atom. The summed E-state index contributed by atoms with van der Waals surface area (Å²) in [4.78, 5) is 7.15. The predicted molar refractivity (Wildman–Crippen MR) is 98.3 cm³/mol. The second-order valence-corrected chi connectivity index (χ2v) is 6.92. The number of rotatable bonds is 4. The number of hydrogen-bond donors (Lipinski definition) is 0. The van der Waals surface area contributed by atoms with Crippen molar-refractivity contribution in [1.29, 1.82) is 0 Å². The molecule has 0 saturated carbocycles. The molecule has 0 bridgehead atoms. The van der Waals surface area contributed by atoms with Crippen LogP contribution < -0.4 is 0 Å². The monoisotopic (exact) mass is 333 g/mol. The molecule has 1 saturated heterocycles. The molecule has 1 aliphatic heterocycles. The summed E-state index contributed by atoms with van der Waals surface area (Å²) in [5.74, 6) is 1.80. The van der Waals surface area contributed by atoms with Gasteiger partial charge in [-0.25, -0.2) is 0 Å². The van der Waals surface area contributed by atoms with Gasteiger partial charge in [0.2, 0.25) is 11.7 Å². The first-order valence-electron chi connectivity index (χ1n) is 8.87. The van der Waals surface area contributed by atoms with E-state index in [1.54, 1.807) is 0 Å². The molecule has 0 N–H and O–H groups in total. The molecule has 2 heterocycles. The average molecular weight is 333 g/mol. The lowest BCUT2D eigenvalue weighted by Gasteiger charge is -2.16. The summed E-state index contributed by atoms with van der Waals surface area (Å²) in [6.07, 6.45) is 1.07. The van der Waals surface area contributed by atoms with Crippen molar-refractivity contribution in [3.63, 3.8) is 0 Å². The van der Waals surface area contributed by atoms with Crippen LogP contribution in [0, 0.1) is 13.8 Å². The molecule has 0 amide bonds. The lowest BCUT2D eigenvalue weighted by molar-refractivity contribution is 0.309. The van der Waals surface area contributed by atoms with E-state index in [0.717, 1.165) is 37.5 Å². The van der Waals surface area contributed by atoms with Crippen molar-refractivity contribution in [2.75, 3.05) is 13.1 Å². The Morgan fingerprint density at radius 1 is 1.04 bits per heavy atom. The highest BCUT2D eigenvalue weighted by Crippen LogP contribution is 2.29. The Labute approximate surface area is 148 Å². The molecule has 1 aliphatic rings. The van der Waals surface area contributed by atoms with Crippen molar-refractivity contribution in [3.05, 3.63) is 71.1 Å². The van der Waals surface area contributed by atoms with Gasteiger partial charge in [-0.2, -0.15) is 4.98 Å². The summed E-state index contributed by atoms with van der Waals surface area (Å²) in [5.41, 5.74) is 4.97. The SMILES string of the molecule is Cc1ccccc1CN1CC[C@@H](c2nc(-c3ccccc3C)no2)C1. The highest BCUT2D eigenvalue weighted by atomic mass is 16.5. The van der Waals surface area contributed by atoms with Gasteiger partial charge in [-0.1, -0.05) is 53.7 Å². The largest absolute Gasteiger partial charge is 0.339 e. The summed E-state index contributed by atoms with van der Waals surface area (Å²) in [6, 6.07) is 16.8. The molecule has 4 heteroatoms. The minimum atomic E-state index is 0.328. The zero-order valence-corrected chi connectivity index (χ0v) is 14.8. The number of nitrogens with zero attached hydrogens (tertiary/aromatic N) is 3. The van der Waals surface area contributed by atoms with Crippen molar-refractivity contribution in [2.45, 2.75) is 32.7 Å². The van der Waals surface area contributed by atoms with Gasteiger partial charge >= 0.3 is 0 Å². The maximum atomic E-state index is 5.59. The van der Waals surface area contributed by atoms with Gasteiger partial charge in [0.05, 0.1) is 5.92 Å². The third-order valence-corrected chi connectivity index (χ3v) is 5.10. The molecular formula is C21H23N3O. The normalized spacial score (nSPS) is 17.9. The number of aryl methyl sites for hydroxylation is 2. The molecule has 0 spiro atoms. The molecule has 2 aromatic carbocycles. The van der Waals surface area contributed by atoms with Gasteiger partial charge in [-0.05, 0) is 43.5 Å². The fourth-order valence-electron chi connectivity index (χ4n) is 3.54. The average Bonchev–Trinajstić information content (AvgIpc) is 3.27. The number of hydrogen-bond acceptors (Lipinski definition) is 4. The Balaban J connectivity index is 1.46. The molecule has 3 aromatic rings. The molecule has 1 fully saturated rings. The standard InChI is InChI=1S/C21H23N3O/c1-15-7-3-5-9-17(15)13-24-12-11-18(14-24)21-22-20(23-25-21)19-10-6-4-8-16(19)2/h3-10,18H,11-14H2,1-2H3/t18-/m1/s1. The Bertz CT molecular complexity index is 871. The van der Waals surface area contributed by atoms with Gasteiger partial charge < -0.3 is 4.52 Å². The second kappa shape index (κ2) is 6.81. The summed E-state index contributed by atoms with van der Waals surface area (Å²) in [6.45, 7) is 7.28. The smallest absolute Gasteiger partial charge is 0.231 e. The summed E-state index contributed by atoms with van der Waals surface area (Å²) < 4.78 is 5.59. The van der Waals surface area contributed by atoms with Gasteiger partial charge in [-0.3, -0.25) is 4.90 Å². The van der Waals surface area contributed by atoms with Gasteiger partial charge in [0, 0.05) is 18.7 Å². The van der Waals surface area contributed by atoms with E-state index in [1.165, 1.54) is 16.7 Å². The first-order valence-corrected chi connectivity index (χ1v) is 8.87. The van der Waals surface area contributed by atoms with E-state index >= 15 is 0 Å². The van der Waals surface area contributed by atoms with Crippen LogP contribution in [-0.2, 0) is 6.54 Å². The van der Waals surface area contributed by atoms with Crippen LogP contribution in [0.15, 0.2) is 53.1 Å². The van der Waals surface area contributed by atoms with E-state index in [9.17, 15) is 0 Å². The van der Waals surface area contributed by atoms with Crippen LogP contribution in [0.3, 0.4) is 0 Å². The lowest BCUT2D eigenvalue weighted by Crippen LogP contribution is -2.20. The van der Waals surface area contributed by atoms with E-state index in [1.807, 2.05) is 18.2 Å². The molecule has 1 atom stereocenters. The summed E-state index contributed by atoms with van der Waals surface area (Å²) in [7, 11) is 0. The molecule has 0 unspecified atom stereocenters. The van der Waals surface area contributed by atoms with Crippen molar-refractivity contribution in [1.82, 2.24) is 15.0 Å². The van der Waals surface area contributed by atoms with Crippen LogP contribution in [0.4, 0.5) is 0 Å². The first kappa shape index (κ1) is 16.0. The molecule has 1 aromatic heterocycles. The maximum Gasteiger partial charge on any atom is 0.231 e. The predicted octanol–water partition coefficient (Wildman–Crippen LogP) is 4.34. The minimum Gasteiger partial charge on any atom is -0.339 e. The van der Waals surface area contributed by atoms with Crippen LogP contribution in [0.1, 0.15) is 34.9 Å². The van der Waals surface area contributed by atoms with Gasteiger partial charge in [0.15, 0.2) is 0 Å². The number of aromatic nitrogens is 2. The third-order valence-electron chi connectivity index (χ3n) is 5.10. The van der Waals surface area contributed by atoms with E-state index in [0.29, 0.717) is 11.7 Å². The van der Waals surface area contributed by atoms with Crippen LogP contribution in [0.25, 0.3) is 11.4 Å². The molecule has 0 aliphatic carbocycles. The van der Waals surface area contributed by atoms with E-state index in [4.69, 9.17) is 4.52 Å². The van der Waals surface area contributed by atoms with Crippen molar-refractivity contribution in [3.8, 4) is 11.4 Å². The quantitative estimate of drug-likeness (QED) is 0.712. The fraction of sp³-hybridized carbons (Fsp3) is 0.333. The maximum absolute atomic E-state index is 5.59. The molecule has 0 radical (unpaired) electrons. The Hall–Kier alpha value is -2.46. The minimum absolute atomic E-state index is 0.328. The number of benzene rings is 2. The molecule has 4 rings (SSSR count). The summed E-state index contributed by atoms with van der Waals surface area (Å²) >= 11 is 0. The van der Waals surface area contributed by atoms with Crippen LogP contribution in [0.5, 0.6) is 0 Å². The molecular weight excluding hydrogens is 310 g/mol. The molecule has 4 nitrogen and oxygen atoms in total. The third kappa shape index (κ3) is 3.35. The zero-order chi connectivity index (χ0) is 17.2. The fourth-order valence-corrected chi connectivity index (χ4v) is 3.54. The highest BCUT2D eigenvalue weighted by molar-refractivity contribution is 5.59. The Morgan fingerprint density at radius 2 is 1.80 bits per heavy atom. The van der Waals surface area contributed by atoms with Crippen LogP contribution in [0.2, 0.25) is 0 Å². The number of likely N-dealkylation sites (tertiary alicyclic amines) is 1. The first-order chi connectivity index (χ1) is 12.2. The van der Waals surface area contributed by atoms with E-state index in [2.05, 4.69) is 59.2 Å². The van der Waals surface area contributed by atoms with Gasteiger partial charge in [0.25, 0.3) is 0 Å². The lowest BCUT2D eigenvalue weighted by atomic mass is 10.1. The van der Waals surface area contributed by atoms with Gasteiger partial charge in [0.1, 0.15) is 0 Å². The van der Waals surface area contributed by atoms with E-state index in [-0.39, 0.29) is 0 Å². The van der Waals surface area contributed by atoms with Gasteiger partial charge in [-0.15, -0.1) is 0 Å². The van der Waals surface area contributed by atoms with Crippen molar-refractivity contribution in [2.24, 2.45) is 0 Å². The Kier molecular flexibility index (Phi) is 4.36. The zero-order valence-electron chi connectivity index (χ0n) is 14.8. The topological polar surface area (TPSA) is 42.2 Å². The molecule has 128 valence electrons. The summed E-state index contributed by atoms with van der Waals surface area (Å²) in [5, 5.41) is 4.21.